The van der Waals surface area contributed by atoms with Gasteiger partial charge in [-0.2, -0.15) is 0 Å². The average Bonchev–Trinajstić information content (AvgIpc) is 3.38. The van der Waals surface area contributed by atoms with Crippen LogP contribution >= 0.6 is 0 Å². The molecular formula is C26H26O5. The van der Waals surface area contributed by atoms with Crippen LogP contribution in [0.2, 0.25) is 0 Å². The highest BCUT2D eigenvalue weighted by atomic mass is 16.7. The van der Waals surface area contributed by atoms with Crippen molar-refractivity contribution in [1.29, 1.82) is 0 Å². The molecule has 0 amide bonds. The number of carbonyl (C=O) groups excluding carboxylic acids is 1. The molecule has 0 unspecified atom stereocenters. The smallest absolute Gasteiger partial charge is 0.231 e. The van der Waals surface area contributed by atoms with Gasteiger partial charge in [-0.3, -0.25) is 4.79 Å². The fourth-order valence-corrected chi connectivity index (χ4v) is 4.26. The number of fused-ring (bicyclic) bond motifs is 2. The van der Waals surface area contributed by atoms with E-state index < -0.39 is 0 Å². The van der Waals surface area contributed by atoms with Crippen LogP contribution in [0.4, 0.5) is 0 Å². The van der Waals surface area contributed by atoms with Gasteiger partial charge in [0.15, 0.2) is 28.8 Å². The molecule has 2 aromatic rings. The van der Waals surface area contributed by atoms with E-state index in [1.54, 1.807) is 0 Å². The summed E-state index contributed by atoms with van der Waals surface area (Å²) in [6.45, 7) is 7.20. The van der Waals surface area contributed by atoms with Crippen LogP contribution in [-0.4, -0.2) is 19.4 Å². The number of benzene rings is 2. The quantitative estimate of drug-likeness (QED) is 0.591. The van der Waals surface area contributed by atoms with Gasteiger partial charge >= 0.3 is 0 Å². The van der Waals surface area contributed by atoms with E-state index in [4.69, 9.17) is 18.9 Å². The van der Waals surface area contributed by atoms with Gasteiger partial charge in [-0.15, -0.1) is 0 Å². The highest BCUT2D eigenvalue weighted by Gasteiger charge is 2.34. The molecule has 2 aromatic carbocycles. The zero-order valence-corrected chi connectivity index (χ0v) is 18.1. The SMILES string of the molecule is CC(C)(C)C1C/C(=C\c2ccc3c(c2)OCO3)C(=O)/C(=C/c2ccc3c(c2)OCO3)C1. The van der Waals surface area contributed by atoms with Crippen molar-refractivity contribution in [3.63, 3.8) is 0 Å². The Hall–Kier alpha value is -3.21. The van der Waals surface area contributed by atoms with Crippen molar-refractivity contribution >= 4 is 17.9 Å². The van der Waals surface area contributed by atoms with Crippen molar-refractivity contribution < 1.29 is 23.7 Å². The van der Waals surface area contributed by atoms with Crippen molar-refractivity contribution in [3.05, 3.63) is 58.7 Å². The molecule has 0 N–H and O–H groups in total. The Bertz CT molecular complexity index is 1020. The van der Waals surface area contributed by atoms with Crippen molar-refractivity contribution in [3.8, 4) is 23.0 Å². The van der Waals surface area contributed by atoms with Gasteiger partial charge in [-0.25, -0.2) is 0 Å². The molecule has 0 bridgehead atoms. The molecule has 0 aromatic heterocycles. The molecule has 0 radical (unpaired) electrons. The zero-order chi connectivity index (χ0) is 21.6. The maximum Gasteiger partial charge on any atom is 0.231 e. The number of ketones is 1. The Kier molecular flexibility index (Phi) is 4.77. The second-order valence-electron chi connectivity index (χ2n) is 9.36. The third-order valence-corrected chi connectivity index (χ3v) is 6.22. The summed E-state index contributed by atoms with van der Waals surface area (Å²) in [5, 5.41) is 0. The van der Waals surface area contributed by atoms with E-state index in [-0.39, 0.29) is 24.8 Å². The molecule has 3 aliphatic rings. The third-order valence-electron chi connectivity index (χ3n) is 6.22. The molecule has 31 heavy (non-hydrogen) atoms. The Morgan fingerprint density at radius 1 is 0.742 bits per heavy atom. The van der Waals surface area contributed by atoms with E-state index in [9.17, 15) is 4.79 Å². The summed E-state index contributed by atoms with van der Waals surface area (Å²) < 4.78 is 21.8. The molecule has 1 aliphatic carbocycles. The minimum atomic E-state index is 0.0860. The van der Waals surface area contributed by atoms with Crippen LogP contribution in [0, 0.1) is 11.3 Å². The van der Waals surface area contributed by atoms with Gasteiger partial charge in [0.1, 0.15) is 0 Å². The molecule has 0 spiro atoms. The normalized spacial score (nSPS) is 22.4. The fraction of sp³-hybridized carbons (Fsp3) is 0.346. The standard InChI is InChI=1S/C26H26O5/c1-26(2,3)20-12-18(8-16-4-6-21-23(10-16)30-14-28-21)25(27)19(13-20)9-17-5-7-22-24(11-17)31-15-29-22/h4-11,20H,12-15H2,1-3H3/b18-8+,19-9+. The number of allylic oxidation sites excluding steroid dienone is 2. The lowest BCUT2D eigenvalue weighted by molar-refractivity contribution is -0.113. The van der Waals surface area contributed by atoms with Gasteiger partial charge in [-0.05, 0) is 71.7 Å². The van der Waals surface area contributed by atoms with Crippen LogP contribution in [0.3, 0.4) is 0 Å². The van der Waals surface area contributed by atoms with Crippen molar-refractivity contribution in [2.75, 3.05) is 13.6 Å². The van der Waals surface area contributed by atoms with Gasteiger partial charge in [0, 0.05) is 11.1 Å². The van der Waals surface area contributed by atoms with E-state index in [0.29, 0.717) is 5.92 Å². The predicted octanol–water partition coefficient (Wildman–Crippen LogP) is 5.64. The molecule has 2 heterocycles. The first-order valence-corrected chi connectivity index (χ1v) is 10.6. The van der Waals surface area contributed by atoms with E-state index in [1.165, 1.54) is 0 Å². The first kappa shape index (κ1) is 19.7. The number of hydrogen-bond acceptors (Lipinski definition) is 5. The van der Waals surface area contributed by atoms with Crippen LogP contribution in [0.1, 0.15) is 44.7 Å². The van der Waals surface area contributed by atoms with E-state index in [1.807, 2.05) is 48.6 Å². The van der Waals surface area contributed by atoms with E-state index >= 15 is 0 Å². The molecule has 1 saturated carbocycles. The lowest BCUT2D eigenvalue weighted by Gasteiger charge is -2.35. The number of ether oxygens (including phenoxy) is 4. The molecule has 0 atom stereocenters. The van der Waals surface area contributed by atoms with Gasteiger partial charge in [0.2, 0.25) is 13.6 Å². The maximum absolute atomic E-state index is 13.4. The minimum absolute atomic E-state index is 0.0860. The Labute approximate surface area is 182 Å². The van der Waals surface area contributed by atoms with E-state index in [2.05, 4.69) is 20.8 Å². The van der Waals surface area contributed by atoms with Gasteiger partial charge in [0.05, 0.1) is 0 Å². The van der Waals surface area contributed by atoms with E-state index in [0.717, 1.165) is 58.1 Å². The summed E-state index contributed by atoms with van der Waals surface area (Å²) in [7, 11) is 0. The molecular weight excluding hydrogens is 392 g/mol. The van der Waals surface area contributed by atoms with Crippen LogP contribution < -0.4 is 18.9 Å². The number of hydrogen-bond donors (Lipinski definition) is 0. The number of Topliss-reactive ketones (excluding diaryl/α,β-unsaturated/α-hetero) is 1. The molecule has 5 nitrogen and oxygen atoms in total. The third kappa shape index (κ3) is 3.92. The monoisotopic (exact) mass is 418 g/mol. The van der Waals surface area contributed by atoms with Crippen LogP contribution in [-0.2, 0) is 4.79 Å². The molecule has 1 fully saturated rings. The molecule has 160 valence electrons. The molecule has 5 heteroatoms. The van der Waals surface area contributed by atoms with Crippen molar-refractivity contribution in [2.24, 2.45) is 11.3 Å². The summed E-state index contributed by atoms with van der Waals surface area (Å²) >= 11 is 0. The number of carbonyl (C=O) groups is 1. The average molecular weight is 418 g/mol. The second kappa shape index (κ2) is 7.49. The Morgan fingerprint density at radius 2 is 1.19 bits per heavy atom. The summed E-state index contributed by atoms with van der Waals surface area (Å²) in [6.07, 6.45) is 5.51. The molecule has 0 saturated heterocycles. The summed E-state index contributed by atoms with van der Waals surface area (Å²) in [6, 6.07) is 11.6. The maximum atomic E-state index is 13.4. The first-order valence-electron chi connectivity index (χ1n) is 10.6. The highest BCUT2D eigenvalue weighted by molar-refractivity contribution is 6.14. The summed E-state index contributed by atoms with van der Waals surface area (Å²) in [5.74, 6) is 3.41. The lowest BCUT2D eigenvalue weighted by atomic mass is 9.68. The number of rotatable bonds is 2. The topological polar surface area (TPSA) is 54.0 Å². The van der Waals surface area contributed by atoms with Gasteiger partial charge < -0.3 is 18.9 Å². The van der Waals surface area contributed by atoms with Crippen LogP contribution in [0.15, 0.2) is 47.5 Å². The summed E-state index contributed by atoms with van der Waals surface area (Å²) in [4.78, 5) is 13.4. The first-order chi connectivity index (χ1) is 14.9. The summed E-state index contributed by atoms with van der Waals surface area (Å²) in [5.41, 5.74) is 3.64. The largest absolute Gasteiger partial charge is 0.454 e. The molecule has 2 aliphatic heterocycles. The van der Waals surface area contributed by atoms with Crippen molar-refractivity contribution in [2.45, 2.75) is 33.6 Å². The Balaban J connectivity index is 1.50. The van der Waals surface area contributed by atoms with Crippen molar-refractivity contribution in [1.82, 2.24) is 0 Å². The predicted molar refractivity (Wildman–Crippen MR) is 118 cm³/mol. The van der Waals surface area contributed by atoms with Gasteiger partial charge in [0.25, 0.3) is 0 Å². The minimum Gasteiger partial charge on any atom is -0.454 e. The van der Waals surface area contributed by atoms with Gasteiger partial charge in [-0.1, -0.05) is 32.9 Å². The Morgan fingerprint density at radius 3 is 1.65 bits per heavy atom. The fourth-order valence-electron chi connectivity index (χ4n) is 4.26. The highest BCUT2D eigenvalue weighted by Crippen LogP contribution is 2.43. The second-order valence-corrected chi connectivity index (χ2v) is 9.36. The van der Waals surface area contributed by atoms with Crippen LogP contribution in [0.25, 0.3) is 12.2 Å². The zero-order valence-electron chi connectivity index (χ0n) is 18.1. The molecule has 5 rings (SSSR count). The van der Waals surface area contributed by atoms with Crippen LogP contribution in [0.5, 0.6) is 23.0 Å². The lowest BCUT2D eigenvalue weighted by Crippen LogP contribution is -2.29.